The maximum atomic E-state index is 13.8. The highest BCUT2D eigenvalue weighted by atomic mass is 19.3. The molecule has 1 aliphatic carbocycles. The van der Waals surface area contributed by atoms with Gasteiger partial charge in [0.2, 0.25) is 5.92 Å². The number of hydrogen-bond donors (Lipinski definition) is 1. The van der Waals surface area contributed by atoms with Gasteiger partial charge in [-0.05, 0) is 43.9 Å². The Labute approximate surface area is 122 Å². The molecule has 1 unspecified atom stereocenters. The summed E-state index contributed by atoms with van der Waals surface area (Å²) in [6, 6.07) is 3.63. The Bertz CT molecular complexity index is 445. The molecule has 0 heterocycles. The summed E-state index contributed by atoms with van der Waals surface area (Å²) in [6.45, 7) is 2.55. The third kappa shape index (κ3) is 4.19. The lowest BCUT2D eigenvalue weighted by atomic mass is 9.80. The van der Waals surface area contributed by atoms with Crippen LogP contribution in [0.1, 0.15) is 38.2 Å². The van der Waals surface area contributed by atoms with Gasteiger partial charge in [0.05, 0.1) is 0 Å². The minimum atomic E-state index is -2.59. The molecule has 21 heavy (non-hydrogen) atoms. The number of nitrogens with one attached hydrogen (secondary N) is 1. The van der Waals surface area contributed by atoms with Crippen molar-refractivity contribution in [2.24, 2.45) is 5.92 Å². The zero-order chi connectivity index (χ0) is 15.5. The topological polar surface area (TPSA) is 12.0 Å². The number of halogens is 4. The Hall–Kier alpha value is -1.10. The van der Waals surface area contributed by atoms with Crippen molar-refractivity contribution < 1.29 is 17.6 Å². The zero-order valence-electron chi connectivity index (χ0n) is 12.1. The lowest BCUT2D eigenvalue weighted by Gasteiger charge is -2.34. The van der Waals surface area contributed by atoms with Gasteiger partial charge in [0.25, 0.3) is 0 Å². The van der Waals surface area contributed by atoms with Crippen molar-refractivity contribution >= 4 is 0 Å². The maximum Gasteiger partial charge on any atom is 0.248 e. The molecule has 0 amide bonds. The highest BCUT2D eigenvalue weighted by molar-refractivity contribution is 5.21. The molecule has 1 atom stereocenters. The largest absolute Gasteiger partial charge is 0.314 e. The summed E-state index contributed by atoms with van der Waals surface area (Å²) < 4.78 is 54.0. The SMILES string of the molecule is CCNC(Cc1c(F)cccc1F)C1CCC(F)(F)CC1. The normalized spacial score (nSPS) is 20.4. The van der Waals surface area contributed by atoms with Gasteiger partial charge in [-0.1, -0.05) is 13.0 Å². The molecule has 118 valence electrons. The number of hydrogen-bond acceptors (Lipinski definition) is 1. The molecule has 1 fully saturated rings. The van der Waals surface area contributed by atoms with Crippen LogP contribution in [0.4, 0.5) is 17.6 Å². The lowest BCUT2D eigenvalue weighted by Crippen LogP contribution is -2.41. The van der Waals surface area contributed by atoms with E-state index >= 15 is 0 Å². The quantitative estimate of drug-likeness (QED) is 0.799. The van der Waals surface area contributed by atoms with Crippen LogP contribution in [0.2, 0.25) is 0 Å². The monoisotopic (exact) mass is 303 g/mol. The van der Waals surface area contributed by atoms with Crippen LogP contribution in [0.5, 0.6) is 0 Å². The fourth-order valence-electron chi connectivity index (χ4n) is 3.08. The Kier molecular flexibility index (Phi) is 5.25. The first-order valence-electron chi connectivity index (χ1n) is 7.47. The molecule has 5 heteroatoms. The standard InChI is InChI=1S/C16H21F4N/c1-2-21-15(11-6-8-16(19,20)9-7-11)10-12-13(17)4-3-5-14(12)18/h3-5,11,15,21H,2,6-10H2,1H3. The van der Waals surface area contributed by atoms with Gasteiger partial charge in [-0.3, -0.25) is 0 Å². The minimum absolute atomic E-state index is 0.0311. The van der Waals surface area contributed by atoms with E-state index in [0.29, 0.717) is 19.4 Å². The van der Waals surface area contributed by atoms with E-state index in [-0.39, 0.29) is 36.8 Å². The first-order chi connectivity index (χ1) is 9.93. The Balaban J connectivity index is 2.09. The van der Waals surface area contributed by atoms with Crippen LogP contribution in [0, 0.1) is 17.6 Å². The van der Waals surface area contributed by atoms with E-state index in [9.17, 15) is 17.6 Å². The molecule has 0 bridgehead atoms. The number of benzene rings is 1. The number of likely N-dealkylation sites (N-methyl/N-ethyl adjacent to an activating group) is 1. The van der Waals surface area contributed by atoms with Crippen molar-refractivity contribution in [3.63, 3.8) is 0 Å². The molecular weight excluding hydrogens is 282 g/mol. The Morgan fingerprint density at radius 3 is 2.29 bits per heavy atom. The van der Waals surface area contributed by atoms with E-state index in [0.717, 1.165) is 0 Å². The molecule has 1 aliphatic rings. The Morgan fingerprint density at radius 1 is 1.19 bits per heavy atom. The van der Waals surface area contributed by atoms with Gasteiger partial charge in [0.15, 0.2) is 0 Å². The predicted octanol–water partition coefficient (Wildman–Crippen LogP) is 4.31. The number of rotatable bonds is 5. The van der Waals surface area contributed by atoms with Gasteiger partial charge in [-0.2, -0.15) is 0 Å². The number of alkyl halides is 2. The van der Waals surface area contributed by atoms with Crippen molar-refractivity contribution in [3.05, 3.63) is 35.4 Å². The highest BCUT2D eigenvalue weighted by Gasteiger charge is 2.37. The van der Waals surface area contributed by atoms with Gasteiger partial charge >= 0.3 is 0 Å². The van der Waals surface area contributed by atoms with Crippen LogP contribution in [0.15, 0.2) is 18.2 Å². The van der Waals surface area contributed by atoms with E-state index < -0.39 is 17.6 Å². The van der Waals surface area contributed by atoms with E-state index in [4.69, 9.17) is 0 Å². The third-order valence-electron chi connectivity index (χ3n) is 4.28. The van der Waals surface area contributed by atoms with Crippen LogP contribution in [0.3, 0.4) is 0 Å². The van der Waals surface area contributed by atoms with E-state index in [1.54, 1.807) is 0 Å². The summed E-state index contributed by atoms with van der Waals surface area (Å²) >= 11 is 0. The van der Waals surface area contributed by atoms with Gasteiger partial charge in [0, 0.05) is 24.4 Å². The van der Waals surface area contributed by atoms with Gasteiger partial charge < -0.3 is 5.32 Å². The fraction of sp³-hybridized carbons (Fsp3) is 0.625. The zero-order valence-corrected chi connectivity index (χ0v) is 12.1. The molecule has 0 aliphatic heterocycles. The summed E-state index contributed by atoms with van der Waals surface area (Å²) in [5.41, 5.74) is 0.0424. The second-order valence-corrected chi connectivity index (χ2v) is 5.76. The molecular formula is C16H21F4N. The van der Waals surface area contributed by atoms with Crippen molar-refractivity contribution in [1.29, 1.82) is 0 Å². The van der Waals surface area contributed by atoms with Crippen LogP contribution < -0.4 is 5.32 Å². The van der Waals surface area contributed by atoms with E-state index in [2.05, 4.69) is 5.32 Å². The third-order valence-corrected chi connectivity index (χ3v) is 4.28. The fourth-order valence-corrected chi connectivity index (χ4v) is 3.08. The lowest BCUT2D eigenvalue weighted by molar-refractivity contribution is -0.0495. The van der Waals surface area contributed by atoms with Gasteiger partial charge in [-0.25, -0.2) is 17.6 Å². The average molecular weight is 303 g/mol. The summed E-state index contributed by atoms with van der Waals surface area (Å²) in [6.07, 6.45) is 0.697. The molecule has 0 spiro atoms. The minimum Gasteiger partial charge on any atom is -0.314 e. The molecule has 1 nitrogen and oxygen atoms in total. The van der Waals surface area contributed by atoms with Gasteiger partial charge in [-0.15, -0.1) is 0 Å². The van der Waals surface area contributed by atoms with E-state index in [1.807, 2.05) is 6.92 Å². The van der Waals surface area contributed by atoms with Crippen molar-refractivity contribution in [3.8, 4) is 0 Å². The smallest absolute Gasteiger partial charge is 0.248 e. The predicted molar refractivity (Wildman–Crippen MR) is 74.4 cm³/mol. The molecule has 0 radical (unpaired) electrons. The van der Waals surface area contributed by atoms with Crippen molar-refractivity contribution in [1.82, 2.24) is 5.32 Å². The van der Waals surface area contributed by atoms with Crippen molar-refractivity contribution in [2.45, 2.75) is 51.0 Å². The first kappa shape index (κ1) is 16.3. The van der Waals surface area contributed by atoms with Gasteiger partial charge in [0.1, 0.15) is 11.6 Å². The Morgan fingerprint density at radius 2 is 1.76 bits per heavy atom. The second kappa shape index (κ2) is 6.77. The molecule has 1 N–H and O–H groups in total. The average Bonchev–Trinajstić information content (AvgIpc) is 2.42. The van der Waals surface area contributed by atoms with Crippen LogP contribution >= 0.6 is 0 Å². The summed E-state index contributed by atoms with van der Waals surface area (Å²) in [5, 5.41) is 3.20. The van der Waals surface area contributed by atoms with E-state index in [1.165, 1.54) is 18.2 Å². The van der Waals surface area contributed by atoms with Crippen LogP contribution in [0.25, 0.3) is 0 Å². The maximum absolute atomic E-state index is 13.8. The summed E-state index contributed by atoms with van der Waals surface area (Å²) in [7, 11) is 0. The summed E-state index contributed by atoms with van der Waals surface area (Å²) in [4.78, 5) is 0. The molecule has 1 aromatic rings. The molecule has 1 saturated carbocycles. The highest BCUT2D eigenvalue weighted by Crippen LogP contribution is 2.38. The van der Waals surface area contributed by atoms with Crippen LogP contribution in [-0.2, 0) is 6.42 Å². The molecule has 0 saturated heterocycles. The molecule has 1 aromatic carbocycles. The van der Waals surface area contributed by atoms with Crippen LogP contribution in [-0.4, -0.2) is 18.5 Å². The molecule has 2 rings (SSSR count). The second-order valence-electron chi connectivity index (χ2n) is 5.76. The summed E-state index contributed by atoms with van der Waals surface area (Å²) in [5.74, 6) is -3.70. The first-order valence-corrected chi connectivity index (χ1v) is 7.47. The van der Waals surface area contributed by atoms with Crippen molar-refractivity contribution in [2.75, 3.05) is 6.54 Å². The molecule has 0 aromatic heterocycles.